The molecule has 0 heterocycles. The number of carbonyl (C=O) groups is 1. The van der Waals surface area contributed by atoms with Gasteiger partial charge < -0.3 is 4.74 Å². The second-order valence-corrected chi connectivity index (χ2v) is 3.53. The van der Waals surface area contributed by atoms with Crippen molar-refractivity contribution in [3.63, 3.8) is 0 Å². The molecular weight excluding hydrogens is 164 g/mol. The van der Waals surface area contributed by atoms with Crippen molar-refractivity contribution in [1.29, 1.82) is 0 Å². The number of hydrogen-bond donors (Lipinski definition) is 0. The maximum absolute atomic E-state index is 9.91. The molecule has 1 atom stereocenters. The molecule has 0 radical (unpaired) electrons. The molecule has 0 aliphatic heterocycles. The smallest absolute Gasteiger partial charge is 0.293 e. The number of carbonyl (C=O) groups excluding carboxylic acids is 1. The summed E-state index contributed by atoms with van der Waals surface area (Å²) in [6, 6.07) is 0. The van der Waals surface area contributed by atoms with Crippen LogP contribution in [-0.4, -0.2) is 13.1 Å². The van der Waals surface area contributed by atoms with Crippen molar-refractivity contribution in [2.75, 3.05) is 6.61 Å². The van der Waals surface area contributed by atoms with Crippen LogP contribution in [0.4, 0.5) is 0 Å². The highest BCUT2D eigenvalue weighted by atomic mass is 16.5. The van der Waals surface area contributed by atoms with Gasteiger partial charge in [-0.15, -0.1) is 0 Å². The predicted octanol–water partition coefficient (Wildman–Crippen LogP) is 3.16. The monoisotopic (exact) mass is 186 g/mol. The van der Waals surface area contributed by atoms with Gasteiger partial charge in [0.15, 0.2) is 0 Å². The van der Waals surface area contributed by atoms with E-state index in [1.54, 1.807) is 0 Å². The quantitative estimate of drug-likeness (QED) is 0.408. The zero-order valence-electron chi connectivity index (χ0n) is 8.92. The zero-order chi connectivity index (χ0) is 9.94. The highest BCUT2D eigenvalue weighted by Gasteiger charge is 2.05. The molecule has 0 bridgehead atoms. The molecule has 0 aliphatic carbocycles. The summed E-state index contributed by atoms with van der Waals surface area (Å²) in [6.07, 6.45) is 7.43. The largest absolute Gasteiger partial charge is 0.468 e. The maximum atomic E-state index is 9.91. The highest BCUT2D eigenvalue weighted by molar-refractivity contribution is 5.36. The Kier molecular flexibility index (Phi) is 9.17. The summed E-state index contributed by atoms with van der Waals surface area (Å²) in [5.41, 5.74) is 0. The first kappa shape index (κ1) is 12.5. The molecule has 2 heteroatoms. The van der Waals surface area contributed by atoms with Crippen molar-refractivity contribution in [1.82, 2.24) is 0 Å². The van der Waals surface area contributed by atoms with Gasteiger partial charge in [-0.2, -0.15) is 0 Å². The van der Waals surface area contributed by atoms with Crippen LogP contribution in [0.25, 0.3) is 0 Å². The van der Waals surface area contributed by atoms with E-state index in [9.17, 15) is 4.79 Å². The Labute approximate surface area is 81.7 Å². The van der Waals surface area contributed by atoms with Crippen LogP contribution in [0.2, 0.25) is 0 Å². The van der Waals surface area contributed by atoms with Crippen molar-refractivity contribution in [2.45, 2.75) is 52.4 Å². The first-order chi connectivity index (χ1) is 6.35. The molecule has 0 saturated carbocycles. The third kappa shape index (κ3) is 7.82. The Morgan fingerprint density at radius 2 is 2.00 bits per heavy atom. The van der Waals surface area contributed by atoms with E-state index in [-0.39, 0.29) is 0 Å². The molecule has 0 N–H and O–H groups in total. The van der Waals surface area contributed by atoms with Gasteiger partial charge in [-0.25, -0.2) is 0 Å². The van der Waals surface area contributed by atoms with Crippen molar-refractivity contribution in [3.8, 4) is 0 Å². The second-order valence-electron chi connectivity index (χ2n) is 3.53. The summed E-state index contributed by atoms with van der Waals surface area (Å²) >= 11 is 0. The molecule has 0 aromatic rings. The van der Waals surface area contributed by atoms with Gasteiger partial charge in [-0.3, -0.25) is 4.79 Å². The summed E-state index contributed by atoms with van der Waals surface area (Å²) < 4.78 is 4.69. The fraction of sp³-hybridized carbons (Fsp3) is 0.909. The fourth-order valence-corrected chi connectivity index (χ4v) is 1.52. The summed E-state index contributed by atoms with van der Waals surface area (Å²) in [7, 11) is 0. The third-order valence-corrected chi connectivity index (χ3v) is 2.51. The van der Waals surface area contributed by atoms with Gasteiger partial charge in [-0.05, 0) is 12.3 Å². The molecule has 0 aliphatic rings. The lowest BCUT2D eigenvalue weighted by Gasteiger charge is -2.13. The second kappa shape index (κ2) is 9.56. The van der Waals surface area contributed by atoms with Gasteiger partial charge in [0.1, 0.15) is 0 Å². The fourth-order valence-electron chi connectivity index (χ4n) is 1.52. The maximum Gasteiger partial charge on any atom is 0.293 e. The van der Waals surface area contributed by atoms with Crippen molar-refractivity contribution in [3.05, 3.63) is 0 Å². The molecule has 0 spiro atoms. The van der Waals surface area contributed by atoms with E-state index >= 15 is 0 Å². The van der Waals surface area contributed by atoms with Gasteiger partial charge >= 0.3 is 0 Å². The van der Waals surface area contributed by atoms with Gasteiger partial charge in [0, 0.05) is 0 Å². The van der Waals surface area contributed by atoms with Gasteiger partial charge in [0.2, 0.25) is 0 Å². The Bertz CT molecular complexity index is 113. The van der Waals surface area contributed by atoms with E-state index in [1.807, 2.05) is 0 Å². The molecule has 78 valence electrons. The predicted molar refractivity (Wildman–Crippen MR) is 54.6 cm³/mol. The number of hydrogen-bond acceptors (Lipinski definition) is 2. The number of ether oxygens (including phenoxy) is 1. The topological polar surface area (TPSA) is 26.3 Å². The number of rotatable bonds is 9. The third-order valence-electron chi connectivity index (χ3n) is 2.51. The summed E-state index contributed by atoms with van der Waals surface area (Å²) in [5, 5.41) is 0. The van der Waals surface area contributed by atoms with Crippen LogP contribution in [0, 0.1) is 5.92 Å². The lowest BCUT2D eigenvalue weighted by atomic mass is 9.96. The minimum absolute atomic E-state index is 0.540. The van der Waals surface area contributed by atoms with Crippen LogP contribution in [0.3, 0.4) is 0 Å². The molecule has 0 saturated heterocycles. The van der Waals surface area contributed by atoms with Crippen LogP contribution in [0.1, 0.15) is 52.4 Å². The van der Waals surface area contributed by atoms with E-state index in [1.165, 1.54) is 32.1 Å². The van der Waals surface area contributed by atoms with Crippen LogP contribution in [0.5, 0.6) is 0 Å². The highest BCUT2D eigenvalue weighted by Crippen LogP contribution is 2.16. The molecule has 0 rings (SSSR count). The van der Waals surface area contributed by atoms with E-state index in [0.29, 0.717) is 13.1 Å². The first-order valence-electron chi connectivity index (χ1n) is 5.40. The molecule has 0 aromatic heterocycles. The van der Waals surface area contributed by atoms with Gasteiger partial charge in [0.25, 0.3) is 6.47 Å². The van der Waals surface area contributed by atoms with Crippen LogP contribution < -0.4 is 0 Å². The van der Waals surface area contributed by atoms with Crippen molar-refractivity contribution in [2.24, 2.45) is 5.92 Å². The Morgan fingerprint density at radius 3 is 2.54 bits per heavy atom. The Morgan fingerprint density at radius 1 is 1.23 bits per heavy atom. The molecular formula is C11H22O2. The minimum atomic E-state index is 0.540. The molecule has 0 fully saturated rings. The zero-order valence-corrected chi connectivity index (χ0v) is 8.92. The molecule has 0 aromatic carbocycles. The minimum Gasteiger partial charge on any atom is -0.468 e. The lowest BCUT2D eigenvalue weighted by molar-refractivity contribution is -0.129. The molecule has 1 unspecified atom stereocenters. The Balaban J connectivity index is 3.33. The van der Waals surface area contributed by atoms with Gasteiger partial charge in [-0.1, -0.05) is 46.0 Å². The van der Waals surface area contributed by atoms with Crippen LogP contribution >= 0.6 is 0 Å². The van der Waals surface area contributed by atoms with E-state index in [2.05, 4.69) is 13.8 Å². The van der Waals surface area contributed by atoms with Crippen LogP contribution in [0.15, 0.2) is 0 Å². The van der Waals surface area contributed by atoms with E-state index in [4.69, 9.17) is 4.74 Å². The summed E-state index contributed by atoms with van der Waals surface area (Å²) in [5.74, 6) is 0.742. The summed E-state index contributed by atoms with van der Waals surface area (Å²) in [4.78, 5) is 9.91. The average molecular weight is 186 g/mol. The van der Waals surface area contributed by atoms with Crippen molar-refractivity contribution < 1.29 is 9.53 Å². The normalized spacial score (nSPS) is 12.5. The summed E-state index contributed by atoms with van der Waals surface area (Å²) in [6.45, 7) is 5.56. The Hall–Kier alpha value is -0.530. The van der Waals surface area contributed by atoms with E-state index < -0.39 is 0 Å². The first-order valence-corrected chi connectivity index (χ1v) is 5.40. The lowest BCUT2D eigenvalue weighted by Crippen LogP contribution is -2.04. The van der Waals surface area contributed by atoms with E-state index in [0.717, 1.165) is 12.3 Å². The van der Waals surface area contributed by atoms with Crippen molar-refractivity contribution >= 4 is 6.47 Å². The molecule has 0 amide bonds. The standard InChI is InChI=1S/C11H22O2/c1-3-5-6-7-11(4-2)8-9-13-10-12/h10-11H,3-9H2,1-2H3. The van der Waals surface area contributed by atoms with Crippen LogP contribution in [-0.2, 0) is 9.53 Å². The number of unbranched alkanes of at least 4 members (excludes halogenated alkanes) is 2. The SMILES string of the molecule is CCCCCC(CC)CCOC=O. The molecule has 2 nitrogen and oxygen atoms in total. The van der Waals surface area contributed by atoms with Gasteiger partial charge in [0.05, 0.1) is 6.61 Å². The average Bonchev–Trinajstić information content (AvgIpc) is 2.16. The molecule has 13 heavy (non-hydrogen) atoms.